The number of nitrogens with zero attached hydrogens (tertiary/aromatic N) is 5. The predicted molar refractivity (Wildman–Crippen MR) is 138 cm³/mol. The number of benzene rings is 1. The molecule has 0 aliphatic carbocycles. The highest BCUT2D eigenvalue weighted by molar-refractivity contribution is 7.98. The predicted octanol–water partition coefficient (Wildman–Crippen LogP) is 5.24. The monoisotopic (exact) mass is 491 g/mol. The van der Waals surface area contributed by atoms with E-state index in [0.29, 0.717) is 33.7 Å². The number of aromatic nitrogens is 4. The van der Waals surface area contributed by atoms with Crippen molar-refractivity contribution >= 4 is 39.4 Å². The van der Waals surface area contributed by atoms with Crippen molar-refractivity contribution in [2.24, 2.45) is 0 Å². The van der Waals surface area contributed by atoms with Gasteiger partial charge >= 0.3 is 5.63 Å². The molecule has 1 aromatic carbocycles. The minimum absolute atomic E-state index is 0.0699. The molecule has 5 heterocycles. The van der Waals surface area contributed by atoms with Gasteiger partial charge in [0, 0.05) is 35.7 Å². The van der Waals surface area contributed by atoms with Crippen LogP contribution in [0.1, 0.15) is 50.0 Å². The number of anilines is 1. The van der Waals surface area contributed by atoms with E-state index in [4.69, 9.17) is 19.1 Å². The first-order valence-corrected chi connectivity index (χ1v) is 13.4. The van der Waals surface area contributed by atoms with E-state index >= 15 is 0 Å². The zero-order valence-corrected chi connectivity index (χ0v) is 21.3. The molecular formula is C26H29N5O3S. The summed E-state index contributed by atoms with van der Waals surface area (Å²) >= 11 is 1.48. The lowest BCUT2D eigenvalue weighted by Crippen LogP contribution is -2.46. The zero-order chi connectivity index (χ0) is 24.3. The van der Waals surface area contributed by atoms with Gasteiger partial charge in [0.05, 0.1) is 17.2 Å². The maximum absolute atomic E-state index is 13.5. The fraction of sp³-hybridized carbons (Fsp3) is 0.462. The molecule has 8 nitrogen and oxygen atoms in total. The van der Waals surface area contributed by atoms with E-state index in [-0.39, 0.29) is 6.23 Å². The molecule has 0 saturated carbocycles. The van der Waals surface area contributed by atoms with Crippen molar-refractivity contribution < 1.29 is 9.15 Å². The van der Waals surface area contributed by atoms with Gasteiger partial charge in [0.15, 0.2) is 11.4 Å². The molecule has 2 fully saturated rings. The summed E-state index contributed by atoms with van der Waals surface area (Å²) in [6.07, 6.45) is 7.98. The molecule has 4 aromatic rings. The number of rotatable bonds is 4. The molecule has 1 unspecified atom stereocenters. The van der Waals surface area contributed by atoms with Gasteiger partial charge in [0.1, 0.15) is 17.0 Å². The van der Waals surface area contributed by atoms with E-state index in [1.807, 2.05) is 31.0 Å². The van der Waals surface area contributed by atoms with Crippen molar-refractivity contribution in [2.75, 3.05) is 24.3 Å². The van der Waals surface area contributed by atoms with E-state index in [2.05, 4.69) is 29.1 Å². The minimum atomic E-state index is -0.401. The number of ether oxygens (including phenoxy) is 1. The van der Waals surface area contributed by atoms with Gasteiger partial charge in [-0.3, -0.25) is 0 Å². The van der Waals surface area contributed by atoms with Crippen LogP contribution in [-0.4, -0.2) is 45.2 Å². The largest absolute Gasteiger partial charge is 0.422 e. The SMILES string of the molecule is CSc1nc(N2CC[C@H]2C)c2c(=O)oc(-c3c(C)ccc4c3cnn4C3CCCCO3)c(C)c2n1. The van der Waals surface area contributed by atoms with Crippen molar-refractivity contribution in [3.05, 3.63) is 39.9 Å². The van der Waals surface area contributed by atoms with Crippen molar-refractivity contribution in [3.8, 4) is 11.3 Å². The quantitative estimate of drug-likeness (QED) is 0.283. The molecule has 0 amide bonds. The molecule has 0 radical (unpaired) electrons. The highest BCUT2D eigenvalue weighted by Crippen LogP contribution is 2.39. The topological polar surface area (TPSA) is 86.3 Å². The van der Waals surface area contributed by atoms with Crippen LogP contribution in [0.3, 0.4) is 0 Å². The van der Waals surface area contributed by atoms with Gasteiger partial charge in [-0.15, -0.1) is 0 Å². The molecule has 182 valence electrons. The van der Waals surface area contributed by atoms with Gasteiger partial charge in [0.2, 0.25) is 0 Å². The number of hydrogen-bond donors (Lipinski definition) is 0. The third-order valence-corrected chi connectivity index (χ3v) is 7.93. The summed E-state index contributed by atoms with van der Waals surface area (Å²) in [5.74, 6) is 1.22. The molecule has 2 aliphatic heterocycles. The number of hydrogen-bond acceptors (Lipinski definition) is 8. The molecule has 2 atom stereocenters. The Bertz CT molecular complexity index is 1500. The Hall–Kier alpha value is -2.91. The van der Waals surface area contributed by atoms with E-state index in [9.17, 15) is 4.79 Å². The molecule has 0 bridgehead atoms. The number of fused-ring (bicyclic) bond motifs is 2. The summed E-state index contributed by atoms with van der Waals surface area (Å²) in [7, 11) is 0. The molecule has 3 aromatic heterocycles. The maximum atomic E-state index is 13.5. The Morgan fingerprint density at radius 1 is 1.14 bits per heavy atom. The van der Waals surface area contributed by atoms with Crippen molar-refractivity contribution in [1.82, 2.24) is 19.7 Å². The zero-order valence-electron chi connectivity index (χ0n) is 20.5. The maximum Gasteiger partial charge on any atom is 0.349 e. The summed E-state index contributed by atoms with van der Waals surface area (Å²) in [5, 5.41) is 6.75. The normalized spacial score (nSPS) is 20.5. The van der Waals surface area contributed by atoms with Crippen LogP contribution in [0.2, 0.25) is 0 Å². The van der Waals surface area contributed by atoms with Crippen LogP contribution in [-0.2, 0) is 4.74 Å². The van der Waals surface area contributed by atoms with Crippen LogP contribution in [0.25, 0.3) is 33.1 Å². The summed E-state index contributed by atoms with van der Waals surface area (Å²) in [6, 6.07) is 4.47. The van der Waals surface area contributed by atoms with Gasteiger partial charge < -0.3 is 14.1 Å². The lowest BCUT2D eigenvalue weighted by Gasteiger charge is -2.40. The fourth-order valence-electron chi connectivity index (χ4n) is 5.26. The second kappa shape index (κ2) is 8.64. The van der Waals surface area contributed by atoms with Crippen LogP contribution in [0.5, 0.6) is 0 Å². The van der Waals surface area contributed by atoms with Gasteiger partial charge in [-0.05, 0) is 64.3 Å². The molecule has 2 aliphatic rings. The first kappa shape index (κ1) is 22.5. The van der Waals surface area contributed by atoms with Gasteiger partial charge in [-0.2, -0.15) is 5.10 Å². The van der Waals surface area contributed by atoms with Crippen molar-refractivity contribution in [2.45, 2.75) is 63.9 Å². The Morgan fingerprint density at radius 3 is 2.69 bits per heavy atom. The Balaban J connectivity index is 1.58. The van der Waals surface area contributed by atoms with Crippen LogP contribution >= 0.6 is 11.8 Å². The van der Waals surface area contributed by atoms with Crippen LogP contribution in [0.15, 0.2) is 32.7 Å². The second-order valence-corrected chi connectivity index (χ2v) is 10.3. The van der Waals surface area contributed by atoms with Crippen LogP contribution < -0.4 is 10.5 Å². The lowest BCUT2D eigenvalue weighted by atomic mass is 9.97. The van der Waals surface area contributed by atoms with Gasteiger partial charge in [-0.25, -0.2) is 19.4 Å². The van der Waals surface area contributed by atoms with Crippen molar-refractivity contribution in [1.29, 1.82) is 0 Å². The first-order valence-electron chi connectivity index (χ1n) is 12.2. The highest BCUT2D eigenvalue weighted by atomic mass is 32.2. The van der Waals surface area contributed by atoms with E-state index in [0.717, 1.165) is 66.4 Å². The third kappa shape index (κ3) is 3.55. The van der Waals surface area contributed by atoms with E-state index < -0.39 is 5.63 Å². The molecule has 6 rings (SSSR count). The van der Waals surface area contributed by atoms with Crippen molar-refractivity contribution in [3.63, 3.8) is 0 Å². The van der Waals surface area contributed by atoms with Crippen LogP contribution in [0.4, 0.5) is 5.82 Å². The summed E-state index contributed by atoms with van der Waals surface area (Å²) in [4.78, 5) is 25.1. The molecular weight excluding hydrogens is 462 g/mol. The Labute approximate surface area is 207 Å². The second-order valence-electron chi connectivity index (χ2n) is 9.53. The molecule has 9 heteroatoms. The molecule has 0 spiro atoms. The fourth-order valence-corrected chi connectivity index (χ4v) is 5.62. The first-order chi connectivity index (χ1) is 17.0. The highest BCUT2D eigenvalue weighted by Gasteiger charge is 2.30. The Kier molecular flexibility index (Phi) is 5.56. The Morgan fingerprint density at radius 2 is 2.00 bits per heavy atom. The van der Waals surface area contributed by atoms with Gasteiger partial charge in [0.25, 0.3) is 0 Å². The standard InChI is InChI=1S/C26H29N5O3S/c1-14-8-9-18-17(13-27-31(18)19-7-5-6-12-33-19)20(14)23-16(3)22-21(25(32)34-23)24(29-26(28-22)35-4)30-11-10-15(30)2/h8-9,13,15,19H,5-7,10-12H2,1-4H3/t15-,19?/m1/s1. The van der Waals surface area contributed by atoms with Gasteiger partial charge in [-0.1, -0.05) is 17.8 Å². The molecule has 35 heavy (non-hydrogen) atoms. The van der Waals surface area contributed by atoms with Crippen LogP contribution in [0, 0.1) is 13.8 Å². The summed E-state index contributed by atoms with van der Waals surface area (Å²) in [6.45, 7) is 7.79. The third-order valence-electron chi connectivity index (χ3n) is 7.38. The average molecular weight is 492 g/mol. The summed E-state index contributed by atoms with van der Waals surface area (Å²) in [5.41, 5.74) is 3.96. The minimum Gasteiger partial charge on any atom is -0.422 e. The number of aryl methyl sites for hydroxylation is 2. The lowest BCUT2D eigenvalue weighted by molar-refractivity contribution is -0.0366. The molecule has 2 saturated heterocycles. The van der Waals surface area contributed by atoms with E-state index in [1.165, 1.54) is 11.8 Å². The average Bonchev–Trinajstić information content (AvgIpc) is 3.29. The van der Waals surface area contributed by atoms with E-state index in [1.54, 1.807) is 0 Å². The molecule has 0 N–H and O–H groups in total. The summed E-state index contributed by atoms with van der Waals surface area (Å²) < 4.78 is 14.0. The smallest absolute Gasteiger partial charge is 0.349 e. The number of thioether (sulfide) groups is 1.